The van der Waals surface area contributed by atoms with E-state index in [2.05, 4.69) is 42.6 Å². The van der Waals surface area contributed by atoms with Crippen LogP contribution in [0.3, 0.4) is 0 Å². The molecule has 5 nitrogen and oxygen atoms in total. The largest absolute Gasteiger partial charge is 0.379 e. The molecule has 2 rings (SSSR count). The predicted molar refractivity (Wildman–Crippen MR) is 105 cm³/mol. The lowest BCUT2D eigenvalue weighted by atomic mass is 10.0. The number of hydrogen-bond donors (Lipinski definition) is 2. The van der Waals surface area contributed by atoms with Crippen molar-refractivity contribution in [3.05, 3.63) is 0 Å². The molecule has 140 valence electrons. The molecule has 3 unspecified atom stereocenters. The molecule has 0 amide bonds. The number of hydrogen-bond acceptors (Lipinski definition) is 4. The number of morpholine rings is 1. The van der Waals surface area contributed by atoms with E-state index in [1.165, 1.54) is 19.3 Å². The van der Waals surface area contributed by atoms with Crippen LogP contribution < -0.4 is 10.6 Å². The van der Waals surface area contributed by atoms with Gasteiger partial charge >= 0.3 is 0 Å². The molecule has 0 aromatic heterocycles. The van der Waals surface area contributed by atoms with Gasteiger partial charge in [0.1, 0.15) is 0 Å². The minimum Gasteiger partial charge on any atom is -0.379 e. The zero-order valence-electron chi connectivity index (χ0n) is 15.9. The third-order valence-corrected chi connectivity index (χ3v) is 6.22. The zero-order valence-corrected chi connectivity index (χ0v) is 16.7. The van der Waals surface area contributed by atoms with Crippen molar-refractivity contribution in [1.29, 1.82) is 0 Å². The van der Waals surface area contributed by atoms with E-state index >= 15 is 0 Å². The van der Waals surface area contributed by atoms with Gasteiger partial charge in [0.2, 0.25) is 0 Å². The molecule has 0 spiro atoms. The molecule has 1 aliphatic heterocycles. The van der Waals surface area contributed by atoms with Crippen LogP contribution in [0.2, 0.25) is 0 Å². The van der Waals surface area contributed by atoms with Crippen LogP contribution in [-0.2, 0) is 4.74 Å². The fourth-order valence-electron chi connectivity index (χ4n) is 3.64. The number of thioether (sulfide) groups is 1. The standard InChI is InChI=1S/C18H36N4OS/c1-5-19-18(21-15-6-7-16(12-15)24-4)20-13-17(14(2)3)22-8-10-23-11-9-22/h14-17H,5-13H2,1-4H3,(H2,19,20,21). The Kier molecular flexibility index (Phi) is 8.70. The molecule has 24 heavy (non-hydrogen) atoms. The smallest absolute Gasteiger partial charge is 0.191 e. The van der Waals surface area contributed by atoms with Gasteiger partial charge in [-0.15, -0.1) is 0 Å². The molecular formula is C18H36N4OS. The molecule has 0 aromatic carbocycles. The Morgan fingerprint density at radius 1 is 1.29 bits per heavy atom. The monoisotopic (exact) mass is 356 g/mol. The molecule has 1 saturated heterocycles. The summed E-state index contributed by atoms with van der Waals surface area (Å²) in [5.41, 5.74) is 0. The Balaban J connectivity index is 1.92. The normalized spacial score (nSPS) is 27.5. The van der Waals surface area contributed by atoms with Crippen molar-refractivity contribution in [2.24, 2.45) is 10.9 Å². The van der Waals surface area contributed by atoms with Gasteiger partial charge in [-0.1, -0.05) is 13.8 Å². The molecule has 1 saturated carbocycles. The van der Waals surface area contributed by atoms with Crippen LogP contribution in [0.1, 0.15) is 40.0 Å². The number of aliphatic imine (C=N–C) groups is 1. The Labute approximate surface area is 152 Å². The summed E-state index contributed by atoms with van der Waals surface area (Å²) < 4.78 is 5.50. The Bertz CT molecular complexity index is 385. The number of rotatable bonds is 7. The second kappa shape index (κ2) is 10.5. The third kappa shape index (κ3) is 6.12. The van der Waals surface area contributed by atoms with E-state index in [4.69, 9.17) is 9.73 Å². The van der Waals surface area contributed by atoms with Crippen LogP contribution in [0, 0.1) is 5.92 Å². The molecular weight excluding hydrogens is 320 g/mol. The van der Waals surface area contributed by atoms with Crippen LogP contribution in [0.5, 0.6) is 0 Å². The fraction of sp³-hybridized carbons (Fsp3) is 0.944. The first-order valence-electron chi connectivity index (χ1n) is 9.53. The molecule has 6 heteroatoms. The van der Waals surface area contributed by atoms with E-state index in [1.807, 2.05) is 11.8 Å². The highest BCUT2D eigenvalue weighted by molar-refractivity contribution is 7.99. The lowest BCUT2D eigenvalue weighted by molar-refractivity contribution is 0.00867. The minimum absolute atomic E-state index is 0.492. The predicted octanol–water partition coefficient (Wildman–Crippen LogP) is 2.18. The van der Waals surface area contributed by atoms with Gasteiger partial charge in [0.15, 0.2) is 5.96 Å². The first-order chi connectivity index (χ1) is 11.6. The third-order valence-electron chi connectivity index (χ3n) is 5.12. The van der Waals surface area contributed by atoms with Gasteiger partial charge in [-0.05, 0) is 38.4 Å². The van der Waals surface area contributed by atoms with Gasteiger partial charge in [-0.2, -0.15) is 11.8 Å². The van der Waals surface area contributed by atoms with Crippen LogP contribution in [0.25, 0.3) is 0 Å². The van der Waals surface area contributed by atoms with Crippen molar-refractivity contribution in [3.63, 3.8) is 0 Å². The van der Waals surface area contributed by atoms with E-state index < -0.39 is 0 Å². The topological polar surface area (TPSA) is 48.9 Å². The number of nitrogens with zero attached hydrogens (tertiary/aromatic N) is 2. The molecule has 0 bridgehead atoms. The van der Waals surface area contributed by atoms with E-state index in [-0.39, 0.29) is 0 Å². The fourth-order valence-corrected chi connectivity index (χ4v) is 4.44. The molecule has 1 heterocycles. The van der Waals surface area contributed by atoms with Gasteiger partial charge in [0.05, 0.1) is 19.8 Å². The molecule has 2 fully saturated rings. The van der Waals surface area contributed by atoms with E-state index in [9.17, 15) is 0 Å². The second-order valence-electron chi connectivity index (χ2n) is 7.19. The Morgan fingerprint density at radius 2 is 2.04 bits per heavy atom. The SMILES string of the molecule is CCNC(=NCC(C(C)C)N1CCOCC1)NC1CCC(SC)C1. The van der Waals surface area contributed by atoms with E-state index in [0.717, 1.165) is 50.6 Å². The summed E-state index contributed by atoms with van der Waals surface area (Å²) in [6.07, 6.45) is 6.05. The van der Waals surface area contributed by atoms with Crippen LogP contribution in [-0.4, -0.2) is 73.8 Å². The first kappa shape index (κ1) is 19.9. The summed E-state index contributed by atoms with van der Waals surface area (Å²) in [5, 5.41) is 7.90. The maximum absolute atomic E-state index is 5.50. The van der Waals surface area contributed by atoms with Crippen LogP contribution in [0.15, 0.2) is 4.99 Å². The maximum atomic E-state index is 5.50. The lowest BCUT2D eigenvalue weighted by Crippen LogP contribution is -2.48. The summed E-state index contributed by atoms with van der Waals surface area (Å²) in [7, 11) is 0. The highest BCUT2D eigenvalue weighted by Gasteiger charge is 2.26. The van der Waals surface area contributed by atoms with Crippen molar-refractivity contribution in [2.45, 2.75) is 57.4 Å². The summed E-state index contributed by atoms with van der Waals surface area (Å²) in [6.45, 7) is 12.3. The lowest BCUT2D eigenvalue weighted by Gasteiger charge is -2.36. The zero-order chi connectivity index (χ0) is 17.4. The summed E-state index contributed by atoms with van der Waals surface area (Å²) >= 11 is 2.00. The van der Waals surface area contributed by atoms with E-state index in [0.29, 0.717) is 18.0 Å². The van der Waals surface area contributed by atoms with Crippen molar-refractivity contribution in [2.75, 3.05) is 45.6 Å². The number of nitrogens with one attached hydrogen (secondary N) is 2. The van der Waals surface area contributed by atoms with Gasteiger partial charge in [0, 0.05) is 37.0 Å². The highest BCUT2D eigenvalue weighted by atomic mass is 32.2. The summed E-state index contributed by atoms with van der Waals surface area (Å²) in [5.74, 6) is 1.59. The molecule has 3 atom stereocenters. The van der Waals surface area contributed by atoms with Crippen LogP contribution >= 0.6 is 11.8 Å². The minimum atomic E-state index is 0.492. The van der Waals surface area contributed by atoms with Gasteiger partial charge < -0.3 is 15.4 Å². The average molecular weight is 357 g/mol. The average Bonchev–Trinajstić information content (AvgIpc) is 3.03. The molecule has 1 aliphatic carbocycles. The maximum Gasteiger partial charge on any atom is 0.191 e. The van der Waals surface area contributed by atoms with Crippen molar-refractivity contribution in [1.82, 2.24) is 15.5 Å². The summed E-state index contributed by atoms with van der Waals surface area (Å²) in [4.78, 5) is 7.47. The molecule has 2 N–H and O–H groups in total. The van der Waals surface area contributed by atoms with Crippen molar-refractivity contribution >= 4 is 17.7 Å². The van der Waals surface area contributed by atoms with Gasteiger partial charge in [0.25, 0.3) is 0 Å². The molecule has 0 aromatic rings. The van der Waals surface area contributed by atoms with Gasteiger partial charge in [-0.3, -0.25) is 9.89 Å². The molecule has 0 radical (unpaired) electrons. The summed E-state index contributed by atoms with van der Waals surface area (Å²) in [6, 6.07) is 1.06. The van der Waals surface area contributed by atoms with Crippen molar-refractivity contribution < 1.29 is 4.74 Å². The quantitative estimate of drug-likeness (QED) is 0.541. The van der Waals surface area contributed by atoms with Crippen molar-refractivity contribution in [3.8, 4) is 0 Å². The highest BCUT2D eigenvalue weighted by Crippen LogP contribution is 2.28. The first-order valence-corrected chi connectivity index (χ1v) is 10.8. The number of guanidine groups is 1. The van der Waals surface area contributed by atoms with Gasteiger partial charge in [-0.25, -0.2) is 0 Å². The molecule has 2 aliphatic rings. The van der Waals surface area contributed by atoms with Crippen LogP contribution in [0.4, 0.5) is 0 Å². The second-order valence-corrected chi connectivity index (χ2v) is 8.33. The Hall–Kier alpha value is -0.460. The van der Waals surface area contributed by atoms with E-state index in [1.54, 1.807) is 0 Å². The Morgan fingerprint density at radius 3 is 2.62 bits per heavy atom. The number of ether oxygens (including phenoxy) is 1.